The Hall–Kier alpha value is -2.49. The molecule has 2 aromatic carbocycles. The summed E-state index contributed by atoms with van der Waals surface area (Å²) in [5, 5.41) is 0. The molecule has 25 heavy (non-hydrogen) atoms. The first-order valence-electron chi connectivity index (χ1n) is 8.97. The van der Waals surface area contributed by atoms with Gasteiger partial charge in [-0.1, -0.05) is 30.3 Å². The van der Waals surface area contributed by atoms with E-state index in [4.69, 9.17) is 4.74 Å². The van der Waals surface area contributed by atoms with Crippen LogP contribution in [0, 0.1) is 6.92 Å². The van der Waals surface area contributed by atoms with Crippen molar-refractivity contribution in [2.75, 3.05) is 37.7 Å². The van der Waals surface area contributed by atoms with Crippen LogP contribution in [0.5, 0.6) is 5.75 Å². The van der Waals surface area contributed by atoms with Gasteiger partial charge in [0.15, 0.2) is 0 Å². The summed E-state index contributed by atoms with van der Waals surface area (Å²) in [6, 6.07) is 16.3. The Kier molecular flexibility index (Phi) is 5.59. The maximum atomic E-state index is 12.6. The molecule has 1 heterocycles. The molecule has 0 radical (unpaired) electrons. The van der Waals surface area contributed by atoms with Crippen molar-refractivity contribution < 1.29 is 9.53 Å². The lowest BCUT2D eigenvalue weighted by Crippen LogP contribution is -2.49. The molecule has 1 fully saturated rings. The fourth-order valence-corrected chi connectivity index (χ4v) is 3.27. The van der Waals surface area contributed by atoms with E-state index in [1.54, 1.807) is 0 Å². The van der Waals surface area contributed by atoms with Gasteiger partial charge in [-0.15, -0.1) is 0 Å². The number of para-hydroxylation sites is 1. The Morgan fingerprint density at radius 2 is 1.68 bits per heavy atom. The molecule has 0 saturated carbocycles. The Morgan fingerprint density at radius 1 is 1.00 bits per heavy atom. The summed E-state index contributed by atoms with van der Waals surface area (Å²) in [6.07, 6.45) is 0.455. The number of aryl methyl sites for hydroxylation is 1. The van der Waals surface area contributed by atoms with Gasteiger partial charge in [0.25, 0.3) is 0 Å². The normalized spacial score (nSPS) is 14.5. The molecule has 0 spiro atoms. The van der Waals surface area contributed by atoms with Gasteiger partial charge in [0.05, 0.1) is 13.0 Å². The molecule has 1 aliphatic rings. The Morgan fingerprint density at radius 3 is 2.32 bits per heavy atom. The molecule has 4 nitrogen and oxygen atoms in total. The second kappa shape index (κ2) is 8.06. The van der Waals surface area contributed by atoms with E-state index in [1.165, 1.54) is 11.3 Å². The first kappa shape index (κ1) is 17.3. The van der Waals surface area contributed by atoms with E-state index in [1.807, 2.05) is 36.1 Å². The van der Waals surface area contributed by atoms with Gasteiger partial charge >= 0.3 is 0 Å². The first-order valence-corrected chi connectivity index (χ1v) is 8.97. The smallest absolute Gasteiger partial charge is 0.227 e. The van der Waals surface area contributed by atoms with Crippen LogP contribution >= 0.6 is 0 Å². The molecule has 0 aromatic heterocycles. The highest BCUT2D eigenvalue weighted by atomic mass is 16.5. The number of rotatable bonds is 5. The number of anilines is 1. The second-order valence-electron chi connectivity index (χ2n) is 6.41. The van der Waals surface area contributed by atoms with Crippen molar-refractivity contribution in [3.63, 3.8) is 0 Å². The minimum atomic E-state index is 0.202. The van der Waals surface area contributed by atoms with Crippen LogP contribution in [-0.4, -0.2) is 43.6 Å². The maximum Gasteiger partial charge on any atom is 0.227 e. The van der Waals surface area contributed by atoms with Gasteiger partial charge in [-0.25, -0.2) is 0 Å². The highest BCUT2D eigenvalue weighted by Gasteiger charge is 2.22. The van der Waals surface area contributed by atoms with E-state index in [9.17, 15) is 4.79 Å². The number of carbonyl (C=O) groups excluding carboxylic acids is 1. The van der Waals surface area contributed by atoms with Crippen LogP contribution in [0.1, 0.15) is 18.1 Å². The quantitative estimate of drug-likeness (QED) is 0.839. The van der Waals surface area contributed by atoms with E-state index in [0.29, 0.717) is 13.0 Å². The SMILES string of the molecule is CCOc1ccc(CC(=O)N2CCN(c3ccccc3C)CC2)cc1. The number of hydrogen-bond donors (Lipinski definition) is 0. The van der Waals surface area contributed by atoms with Crippen LogP contribution in [-0.2, 0) is 11.2 Å². The first-order chi connectivity index (χ1) is 12.2. The average molecular weight is 338 g/mol. The number of piperazine rings is 1. The molecule has 0 unspecified atom stereocenters. The molecule has 0 aliphatic carbocycles. The summed E-state index contributed by atoms with van der Waals surface area (Å²) in [6.45, 7) is 8.10. The van der Waals surface area contributed by atoms with E-state index in [2.05, 4.69) is 36.1 Å². The molecule has 0 N–H and O–H groups in total. The molecule has 1 aliphatic heterocycles. The number of carbonyl (C=O) groups is 1. The largest absolute Gasteiger partial charge is 0.494 e. The van der Waals surface area contributed by atoms with Gasteiger partial charge < -0.3 is 14.5 Å². The average Bonchev–Trinajstić information content (AvgIpc) is 2.64. The van der Waals surface area contributed by atoms with Crippen molar-refractivity contribution in [1.82, 2.24) is 4.90 Å². The fourth-order valence-electron chi connectivity index (χ4n) is 3.27. The Labute approximate surface area is 150 Å². The number of ether oxygens (including phenoxy) is 1. The van der Waals surface area contributed by atoms with Crippen LogP contribution in [0.25, 0.3) is 0 Å². The molecule has 1 amide bonds. The highest BCUT2D eigenvalue weighted by molar-refractivity contribution is 5.79. The monoisotopic (exact) mass is 338 g/mol. The van der Waals surface area contributed by atoms with Gasteiger partial charge in [0, 0.05) is 31.9 Å². The molecule has 2 aromatic rings. The Bertz CT molecular complexity index is 704. The maximum absolute atomic E-state index is 12.6. The van der Waals surface area contributed by atoms with Crippen LogP contribution in [0.3, 0.4) is 0 Å². The van der Waals surface area contributed by atoms with Gasteiger partial charge in [-0.2, -0.15) is 0 Å². The predicted molar refractivity (Wildman–Crippen MR) is 101 cm³/mol. The van der Waals surface area contributed by atoms with Crippen LogP contribution in [0.2, 0.25) is 0 Å². The van der Waals surface area contributed by atoms with Crippen molar-refractivity contribution in [2.24, 2.45) is 0 Å². The molecule has 0 bridgehead atoms. The molecule has 0 atom stereocenters. The summed E-state index contributed by atoms with van der Waals surface area (Å²) in [5.74, 6) is 1.05. The zero-order valence-electron chi connectivity index (χ0n) is 15.1. The van der Waals surface area contributed by atoms with Crippen LogP contribution in [0.15, 0.2) is 48.5 Å². The highest BCUT2D eigenvalue weighted by Crippen LogP contribution is 2.21. The fraction of sp³-hybridized carbons (Fsp3) is 0.381. The third kappa shape index (κ3) is 4.32. The van der Waals surface area contributed by atoms with Crippen molar-refractivity contribution in [1.29, 1.82) is 0 Å². The summed E-state index contributed by atoms with van der Waals surface area (Å²) in [4.78, 5) is 16.9. The number of benzene rings is 2. The Balaban J connectivity index is 1.54. The van der Waals surface area contributed by atoms with Crippen molar-refractivity contribution in [2.45, 2.75) is 20.3 Å². The lowest BCUT2D eigenvalue weighted by molar-refractivity contribution is -0.130. The lowest BCUT2D eigenvalue weighted by atomic mass is 10.1. The summed E-state index contributed by atoms with van der Waals surface area (Å²) < 4.78 is 5.44. The number of hydrogen-bond acceptors (Lipinski definition) is 3. The van der Waals surface area contributed by atoms with E-state index in [0.717, 1.165) is 37.5 Å². The minimum absolute atomic E-state index is 0.202. The third-order valence-corrected chi connectivity index (χ3v) is 4.68. The summed E-state index contributed by atoms with van der Waals surface area (Å²) in [7, 11) is 0. The molecule has 1 saturated heterocycles. The molecular formula is C21H26N2O2. The van der Waals surface area contributed by atoms with Gasteiger partial charge in [0.1, 0.15) is 5.75 Å². The van der Waals surface area contributed by atoms with Crippen molar-refractivity contribution in [3.8, 4) is 5.75 Å². The van der Waals surface area contributed by atoms with E-state index < -0.39 is 0 Å². The van der Waals surface area contributed by atoms with Gasteiger partial charge in [-0.3, -0.25) is 4.79 Å². The zero-order chi connectivity index (χ0) is 17.6. The number of nitrogens with zero attached hydrogens (tertiary/aromatic N) is 2. The number of amides is 1. The van der Waals surface area contributed by atoms with Crippen LogP contribution in [0.4, 0.5) is 5.69 Å². The molecule has 4 heteroatoms. The molecule has 132 valence electrons. The molecule has 3 rings (SSSR count). The third-order valence-electron chi connectivity index (χ3n) is 4.68. The topological polar surface area (TPSA) is 32.8 Å². The summed E-state index contributed by atoms with van der Waals surface area (Å²) in [5.41, 5.74) is 3.60. The van der Waals surface area contributed by atoms with E-state index in [-0.39, 0.29) is 5.91 Å². The minimum Gasteiger partial charge on any atom is -0.494 e. The standard InChI is InChI=1S/C21H26N2O2/c1-3-25-19-10-8-18(9-11-19)16-21(24)23-14-12-22(13-15-23)20-7-5-4-6-17(20)2/h4-11H,3,12-16H2,1-2H3. The summed E-state index contributed by atoms with van der Waals surface area (Å²) >= 11 is 0. The molecular weight excluding hydrogens is 312 g/mol. The van der Waals surface area contributed by atoms with Gasteiger partial charge in [0.2, 0.25) is 5.91 Å². The zero-order valence-corrected chi connectivity index (χ0v) is 15.1. The van der Waals surface area contributed by atoms with Crippen molar-refractivity contribution >= 4 is 11.6 Å². The second-order valence-corrected chi connectivity index (χ2v) is 6.41. The van der Waals surface area contributed by atoms with Crippen LogP contribution < -0.4 is 9.64 Å². The predicted octanol–water partition coefficient (Wildman–Crippen LogP) is 3.29. The van der Waals surface area contributed by atoms with Gasteiger partial charge in [-0.05, 0) is 43.2 Å². The van der Waals surface area contributed by atoms with E-state index >= 15 is 0 Å². The van der Waals surface area contributed by atoms with Crippen molar-refractivity contribution in [3.05, 3.63) is 59.7 Å². The lowest BCUT2D eigenvalue weighted by Gasteiger charge is -2.37.